The lowest BCUT2D eigenvalue weighted by atomic mass is 10.1. The van der Waals surface area contributed by atoms with E-state index in [9.17, 15) is 0 Å². The van der Waals surface area contributed by atoms with Crippen LogP contribution in [0.2, 0.25) is 0 Å². The van der Waals surface area contributed by atoms with Gasteiger partial charge in [-0.2, -0.15) is 0 Å². The van der Waals surface area contributed by atoms with Gasteiger partial charge in [-0.3, -0.25) is 0 Å². The van der Waals surface area contributed by atoms with Crippen LogP contribution in [-0.4, -0.2) is 30.8 Å². The first kappa shape index (κ1) is 20.5. The van der Waals surface area contributed by atoms with Crippen LogP contribution in [0.3, 0.4) is 0 Å². The lowest BCUT2D eigenvalue weighted by molar-refractivity contribution is 0.326. The molecule has 3 rings (SSSR count). The molecule has 1 N–H and O–H groups in total. The Balaban J connectivity index is 2.01. The standard InChI is InChI=1S/C23H27N3O3/c1-14(2)7-8-29-21-11-18-19(12-20(21)27-5)24-13-25-23(18)26-17-9-15(3)22(28-6)16(4)10-17/h7,9-13H,8H2,1-6H3,(H,24,25,26). The van der Waals surface area contributed by atoms with E-state index >= 15 is 0 Å². The average Bonchev–Trinajstić information content (AvgIpc) is 2.67. The third-order valence-corrected chi connectivity index (χ3v) is 4.58. The van der Waals surface area contributed by atoms with Crippen molar-refractivity contribution in [1.29, 1.82) is 0 Å². The first-order valence-electron chi connectivity index (χ1n) is 9.44. The lowest BCUT2D eigenvalue weighted by Crippen LogP contribution is -2.01. The van der Waals surface area contributed by atoms with E-state index < -0.39 is 0 Å². The molecule has 0 unspecified atom stereocenters. The zero-order valence-corrected chi connectivity index (χ0v) is 17.8. The SMILES string of the molecule is COc1cc2ncnc(Nc3cc(C)c(OC)c(C)c3)c2cc1OCC=C(C)C. The number of benzene rings is 2. The maximum Gasteiger partial charge on any atom is 0.162 e. The fraction of sp³-hybridized carbons (Fsp3) is 0.304. The predicted octanol–water partition coefficient (Wildman–Crippen LogP) is 5.35. The molecule has 0 spiro atoms. The Morgan fingerprint density at radius 2 is 1.69 bits per heavy atom. The Hall–Kier alpha value is -3.28. The number of anilines is 2. The number of fused-ring (bicyclic) bond motifs is 1. The summed E-state index contributed by atoms with van der Waals surface area (Å²) >= 11 is 0. The van der Waals surface area contributed by atoms with Crippen molar-refractivity contribution in [2.24, 2.45) is 0 Å². The number of nitrogens with zero attached hydrogens (tertiary/aromatic N) is 2. The highest BCUT2D eigenvalue weighted by molar-refractivity contribution is 5.93. The summed E-state index contributed by atoms with van der Waals surface area (Å²) in [5.74, 6) is 2.88. The summed E-state index contributed by atoms with van der Waals surface area (Å²) in [7, 11) is 3.31. The highest BCUT2D eigenvalue weighted by Gasteiger charge is 2.13. The molecule has 0 fully saturated rings. The molecule has 0 aliphatic rings. The van der Waals surface area contributed by atoms with Gasteiger partial charge in [0.25, 0.3) is 0 Å². The molecule has 2 aromatic carbocycles. The molecule has 1 aromatic heterocycles. The van der Waals surface area contributed by atoms with Crippen molar-refractivity contribution in [2.45, 2.75) is 27.7 Å². The molecule has 6 heteroatoms. The van der Waals surface area contributed by atoms with E-state index in [4.69, 9.17) is 14.2 Å². The summed E-state index contributed by atoms with van der Waals surface area (Å²) in [5, 5.41) is 4.26. The number of aromatic nitrogens is 2. The zero-order chi connectivity index (χ0) is 21.0. The Bertz CT molecular complexity index is 1030. The van der Waals surface area contributed by atoms with Crippen LogP contribution >= 0.6 is 0 Å². The summed E-state index contributed by atoms with van der Waals surface area (Å²) < 4.78 is 16.9. The molecule has 152 valence electrons. The highest BCUT2D eigenvalue weighted by Crippen LogP contribution is 2.35. The van der Waals surface area contributed by atoms with Gasteiger partial charge >= 0.3 is 0 Å². The van der Waals surface area contributed by atoms with Crippen LogP contribution in [0.1, 0.15) is 25.0 Å². The van der Waals surface area contributed by atoms with Crippen molar-refractivity contribution in [1.82, 2.24) is 9.97 Å². The normalized spacial score (nSPS) is 10.6. The number of rotatable bonds is 7. The first-order valence-corrected chi connectivity index (χ1v) is 9.44. The van der Waals surface area contributed by atoms with Crippen molar-refractivity contribution in [2.75, 3.05) is 26.1 Å². The Morgan fingerprint density at radius 3 is 2.31 bits per heavy atom. The largest absolute Gasteiger partial charge is 0.496 e. The number of hydrogen-bond donors (Lipinski definition) is 1. The Morgan fingerprint density at radius 1 is 0.966 bits per heavy atom. The van der Waals surface area contributed by atoms with Gasteiger partial charge in [-0.05, 0) is 63.1 Å². The molecule has 0 saturated heterocycles. The van der Waals surface area contributed by atoms with Crippen LogP contribution in [0, 0.1) is 13.8 Å². The smallest absolute Gasteiger partial charge is 0.162 e. The number of methoxy groups -OCH3 is 2. The van der Waals surface area contributed by atoms with Gasteiger partial charge < -0.3 is 19.5 Å². The van der Waals surface area contributed by atoms with Gasteiger partial charge in [0, 0.05) is 17.1 Å². The molecule has 0 aliphatic carbocycles. The van der Waals surface area contributed by atoms with Gasteiger partial charge in [0.15, 0.2) is 11.5 Å². The van der Waals surface area contributed by atoms with Gasteiger partial charge in [-0.1, -0.05) is 5.57 Å². The minimum Gasteiger partial charge on any atom is -0.496 e. The maximum absolute atomic E-state index is 5.92. The summed E-state index contributed by atoms with van der Waals surface area (Å²) in [6.45, 7) is 8.59. The third kappa shape index (κ3) is 4.59. The summed E-state index contributed by atoms with van der Waals surface area (Å²) in [4.78, 5) is 8.83. The summed E-state index contributed by atoms with van der Waals surface area (Å²) in [5.41, 5.74) is 5.02. The minimum absolute atomic E-state index is 0.470. The monoisotopic (exact) mass is 393 g/mol. The molecular formula is C23H27N3O3. The Kier molecular flexibility index (Phi) is 6.22. The first-order chi connectivity index (χ1) is 13.9. The molecule has 6 nitrogen and oxygen atoms in total. The zero-order valence-electron chi connectivity index (χ0n) is 17.8. The molecule has 29 heavy (non-hydrogen) atoms. The molecule has 0 bridgehead atoms. The molecule has 3 aromatic rings. The second-order valence-electron chi connectivity index (χ2n) is 7.10. The van der Waals surface area contributed by atoms with E-state index in [1.807, 2.05) is 58.0 Å². The minimum atomic E-state index is 0.470. The number of nitrogens with one attached hydrogen (secondary N) is 1. The van der Waals surface area contributed by atoms with Crippen molar-refractivity contribution < 1.29 is 14.2 Å². The van der Waals surface area contributed by atoms with Gasteiger partial charge in [-0.25, -0.2) is 9.97 Å². The number of hydrogen-bond acceptors (Lipinski definition) is 6. The summed E-state index contributed by atoms with van der Waals surface area (Å²) in [6, 6.07) is 7.86. The van der Waals surface area contributed by atoms with E-state index in [-0.39, 0.29) is 0 Å². The second-order valence-corrected chi connectivity index (χ2v) is 7.10. The van der Waals surface area contributed by atoms with Gasteiger partial charge in [0.1, 0.15) is 24.5 Å². The van der Waals surface area contributed by atoms with Gasteiger partial charge in [-0.15, -0.1) is 0 Å². The number of allylic oxidation sites excluding steroid dienone is 1. The van der Waals surface area contributed by atoms with Crippen LogP contribution in [0.5, 0.6) is 17.2 Å². The highest BCUT2D eigenvalue weighted by atomic mass is 16.5. The third-order valence-electron chi connectivity index (χ3n) is 4.58. The van der Waals surface area contributed by atoms with Gasteiger partial charge in [0.2, 0.25) is 0 Å². The van der Waals surface area contributed by atoms with Gasteiger partial charge in [0.05, 0.1) is 19.7 Å². The predicted molar refractivity (Wildman–Crippen MR) is 117 cm³/mol. The summed E-state index contributed by atoms with van der Waals surface area (Å²) in [6.07, 6.45) is 3.56. The van der Waals surface area contributed by atoms with Crippen molar-refractivity contribution in [3.63, 3.8) is 0 Å². The van der Waals surface area contributed by atoms with Crippen LogP contribution in [0.25, 0.3) is 10.9 Å². The molecule has 0 saturated carbocycles. The number of aryl methyl sites for hydroxylation is 2. The lowest BCUT2D eigenvalue weighted by Gasteiger charge is -2.15. The Labute approximate surface area is 171 Å². The van der Waals surface area contributed by atoms with Crippen LogP contribution < -0.4 is 19.5 Å². The van der Waals surface area contributed by atoms with Crippen LogP contribution in [0.15, 0.2) is 42.2 Å². The van der Waals surface area contributed by atoms with E-state index in [0.29, 0.717) is 23.9 Å². The van der Waals surface area contributed by atoms with Crippen LogP contribution in [-0.2, 0) is 0 Å². The number of ether oxygens (including phenoxy) is 3. The molecule has 0 atom stereocenters. The topological polar surface area (TPSA) is 65.5 Å². The fourth-order valence-electron chi connectivity index (χ4n) is 3.22. The van der Waals surface area contributed by atoms with E-state index in [1.54, 1.807) is 14.2 Å². The molecule has 1 heterocycles. The van der Waals surface area contributed by atoms with Crippen molar-refractivity contribution in [3.05, 3.63) is 53.4 Å². The van der Waals surface area contributed by atoms with Crippen molar-refractivity contribution in [3.8, 4) is 17.2 Å². The van der Waals surface area contributed by atoms with E-state index in [2.05, 4.69) is 15.3 Å². The second kappa shape index (κ2) is 8.82. The molecular weight excluding hydrogens is 366 g/mol. The molecule has 0 amide bonds. The molecule has 0 radical (unpaired) electrons. The van der Waals surface area contributed by atoms with E-state index in [1.165, 1.54) is 11.9 Å². The van der Waals surface area contributed by atoms with Crippen LogP contribution in [0.4, 0.5) is 11.5 Å². The average molecular weight is 393 g/mol. The maximum atomic E-state index is 5.92. The van der Waals surface area contributed by atoms with E-state index in [0.717, 1.165) is 33.5 Å². The molecule has 0 aliphatic heterocycles. The fourth-order valence-corrected chi connectivity index (χ4v) is 3.22. The quantitative estimate of drug-likeness (QED) is 0.546. The van der Waals surface area contributed by atoms with Crippen molar-refractivity contribution >= 4 is 22.4 Å².